The van der Waals surface area contributed by atoms with Gasteiger partial charge in [0.1, 0.15) is 17.9 Å². The van der Waals surface area contributed by atoms with Crippen LogP contribution in [0.4, 0.5) is 10.2 Å². The molecule has 1 aromatic heterocycles. The van der Waals surface area contributed by atoms with Crippen LogP contribution in [0.15, 0.2) is 30.7 Å². The Labute approximate surface area is 300 Å². The summed E-state index contributed by atoms with van der Waals surface area (Å²) >= 11 is 0. The van der Waals surface area contributed by atoms with Crippen LogP contribution in [0.2, 0.25) is 0 Å². The number of likely N-dealkylation sites (tertiary alicyclic amines) is 1. The van der Waals surface area contributed by atoms with Crippen LogP contribution in [0.1, 0.15) is 70.2 Å². The predicted octanol–water partition coefficient (Wildman–Crippen LogP) is 2.99. The van der Waals surface area contributed by atoms with Gasteiger partial charge < -0.3 is 29.1 Å². The van der Waals surface area contributed by atoms with Crippen LogP contribution in [0, 0.1) is 11.2 Å². The van der Waals surface area contributed by atoms with Crippen molar-refractivity contribution in [2.45, 2.75) is 83.7 Å². The van der Waals surface area contributed by atoms with Gasteiger partial charge in [0.05, 0.1) is 37.6 Å². The molecule has 3 atom stereocenters. The lowest BCUT2D eigenvalue weighted by Crippen LogP contribution is -2.62. The van der Waals surface area contributed by atoms with E-state index < -0.39 is 21.8 Å². The molecule has 0 radical (unpaired) electrons. The van der Waals surface area contributed by atoms with Crippen molar-refractivity contribution >= 4 is 21.9 Å². The molecule has 51 heavy (non-hydrogen) atoms. The van der Waals surface area contributed by atoms with Gasteiger partial charge in [-0.2, -0.15) is 17.4 Å². The summed E-state index contributed by atoms with van der Waals surface area (Å²) in [5, 5.41) is 11.2. The number of β-amino-alcohol motifs (C(OH)–C–C–N with tert-alkyl or cyclic N) is 1. The van der Waals surface area contributed by atoms with Crippen molar-refractivity contribution < 1.29 is 36.9 Å². The van der Waals surface area contributed by atoms with Crippen LogP contribution in [0.5, 0.6) is 11.5 Å². The largest absolute Gasteiger partial charge is 0.451 e. The van der Waals surface area contributed by atoms with E-state index in [4.69, 9.17) is 14.2 Å². The van der Waals surface area contributed by atoms with Crippen molar-refractivity contribution in [2.24, 2.45) is 5.41 Å². The van der Waals surface area contributed by atoms with E-state index in [-0.39, 0.29) is 47.4 Å². The lowest BCUT2D eigenvalue weighted by Gasteiger charge is -2.55. The quantitative estimate of drug-likeness (QED) is 0.313. The average Bonchev–Trinajstić information content (AvgIpc) is 3.61. The summed E-state index contributed by atoms with van der Waals surface area (Å²) in [5.41, 5.74) is 0.221. The number of hydrogen-bond donors (Lipinski definition) is 2. The van der Waals surface area contributed by atoms with Crippen LogP contribution in [-0.2, 0) is 19.7 Å². The minimum Gasteiger partial charge on any atom is -0.451 e. The van der Waals surface area contributed by atoms with Crippen LogP contribution in [0.3, 0.4) is 0 Å². The molecule has 1 spiro atoms. The van der Waals surface area contributed by atoms with Crippen molar-refractivity contribution in [3.05, 3.63) is 42.1 Å². The Morgan fingerprint density at radius 2 is 1.88 bits per heavy atom. The van der Waals surface area contributed by atoms with Crippen molar-refractivity contribution in [1.29, 1.82) is 0 Å². The second kappa shape index (κ2) is 15.5. The zero-order chi connectivity index (χ0) is 36.4. The molecule has 1 aromatic carbocycles. The Balaban J connectivity index is 1.04. The molecule has 282 valence electrons. The molecule has 4 aliphatic heterocycles. The Morgan fingerprint density at radius 1 is 1.14 bits per heavy atom. The number of benzene rings is 1. The first-order valence-corrected chi connectivity index (χ1v) is 19.6. The minimum absolute atomic E-state index is 0.0840. The van der Waals surface area contributed by atoms with E-state index in [1.165, 1.54) is 28.8 Å². The summed E-state index contributed by atoms with van der Waals surface area (Å²) in [4.78, 5) is 28.7. The normalized spacial score (nSPS) is 25.4. The maximum Gasteiger partial charge on any atom is 0.279 e. The van der Waals surface area contributed by atoms with Gasteiger partial charge in [0.15, 0.2) is 17.4 Å². The van der Waals surface area contributed by atoms with E-state index in [0.717, 1.165) is 45.4 Å². The highest BCUT2D eigenvalue weighted by atomic mass is 32.2. The number of amides is 1. The molecule has 4 fully saturated rings. The maximum atomic E-state index is 14.5. The SMILES string of the molecule is CCN(CC)S(=O)(=O)N[C@@H]1CC[C@](O)(CN2CCC3(CC2)CN(c2ncncc2Oc2ccc(F)cc2C(=O)N(C(C)C)[C@@H]2CCOC2)C3)OC1. The highest BCUT2D eigenvalue weighted by Gasteiger charge is 2.47. The van der Waals surface area contributed by atoms with Gasteiger partial charge in [-0.1, -0.05) is 13.8 Å². The molecule has 0 bridgehead atoms. The summed E-state index contributed by atoms with van der Waals surface area (Å²) in [6.45, 7) is 12.9. The molecular formula is C35H52FN7O7S. The van der Waals surface area contributed by atoms with Gasteiger partial charge in [-0.25, -0.2) is 14.4 Å². The fourth-order valence-corrected chi connectivity index (χ4v) is 9.28. The lowest BCUT2D eigenvalue weighted by atomic mass is 9.72. The summed E-state index contributed by atoms with van der Waals surface area (Å²) in [7, 11) is -3.60. The van der Waals surface area contributed by atoms with Crippen molar-refractivity contribution in [3.8, 4) is 11.5 Å². The number of ether oxygens (including phenoxy) is 3. The zero-order valence-corrected chi connectivity index (χ0v) is 30.9. The first kappa shape index (κ1) is 37.8. The summed E-state index contributed by atoms with van der Waals surface area (Å²) < 4.78 is 61.6. The maximum absolute atomic E-state index is 14.5. The highest BCUT2D eigenvalue weighted by Crippen LogP contribution is 2.45. The van der Waals surface area contributed by atoms with Crippen molar-refractivity contribution in [3.63, 3.8) is 0 Å². The highest BCUT2D eigenvalue weighted by molar-refractivity contribution is 7.87. The standard InChI is InChI=1S/C35H52FN7O7S/c1-5-42(6-2)51(46,47)39-27-9-11-35(45,49-19-27)23-40-14-12-34(13-15-40)21-41(22-34)32-31(18-37-24-38-32)50-30-8-7-26(36)17-29(30)33(44)43(25(3)4)28-10-16-48-20-28/h7-8,17-18,24-25,27-28,39,45H,5-6,9-16,19-23H2,1-4H3/t27-,28-,35-/m1/s1. The number of halogens is 1. The molecule has 4 saturated heterocycles. The summed E-state index contributed by atoms with van der Waals surface area (Å²) in [6, 6.07) is 3.39. The molecule has 0 aliphatic carbocycles. The number of aliphatic hydroxyl groups is 1. The third kappa shape index (κ3) is 8.47. The van der Waals surface area contributed by atoms with Gasteiger partial charge in [0, 0.05) is 56.7 Å². The number of aromatic nitrogens is 2. The van der Waals surface area contributed by atoms with E-state index in [0.29, 0.717) is 57.3 Å². The van der Waals surface area contributed by atoms with Gasteiger partial charge in [-0.05, 0) is 70.8 Å². The Morgan fingerprint density at radius 3 is 2.51 bits per heavy atom. The number of nitrogens with zero attached hydrogens (tertiary/aromatic N) is 6. The second-order valence-corrected chi connectivity index (χ2v) is 16.3. The topological polar surface area (TPSA) is 150 Å². The van der Waals surface area contributed by atoms with E-state index in [1.54, 1.807) is 24.9 Å². The number of anilines is 1. The molecule has 6 rings (SSSR count). The van der Waals surface area contributed by atoms with E-state index in [1.807, 2.05) is 13.8 Å². The number of hydrogen-bond acceptors (Lipinski definition) is 11. The van der Waals surface area contributed by atoms with Crippen LogP contribution in [-0.4, -0.2) is 133 Å². The van der Waals surface area contributed by atoms with Crippen LogP contribution in [0.25, 0.3) is 0 Å². The van der Waals surface area contributed by atoms with E-state index in [2.05, 4.69) is 24.5 Å². The van der Waals surface area contributed by atoms with Gasteiger partial charge in [-0.15, -0.1) is 0 Å². The van der Waals surface area contributed by atoms with Gasteiger partial charge in [0.25, 0.3) is 16.1 Å². The van der Waals surface area contributed by atoms with Crippen molar-refractivity contribution in [1.82, 2.24) is 28.8 Å². The van der Waals surface area contributed by atoms with Crippen molar-refractivity contribution in [2.75, 3.05) is 70.5 Å². The molecule has 1 amide bonds. The van der Waals surface area contributed by atoms with E-state index in [9.17, 15) is 22.7 Å². The molecule has 16 heteroatoms. The molecule has 5 heterocycles. The molecule has 2 N–H and O–H groups in total. The van der Waals surface area contributed by atoms with Crippen LogP contribution >= 0.6 is 0 Å². The Kier molecular flexibility index (Phi) is 11.5. The first-order chi connectivity index (χ1) is 24.3. The molecule has 0 saturated carbocycles. The van der Waals surface area contributed by atoms with Crippen LogP contribution < -0.4 is 14.4 Å². The number of carbonyl (C=O) groups is 1. The third-order valence-corrected chi connectivity index (χ3v) is 12.5. The Bertz CT molecular complexity index is 1620. The summed E-state index contributed by atoms with van der Waals surface area (Å²) in [6.07, 6.45) is 6.46. The molecule has 14 nitrogen and oxygen atoms in total. The monoisotopic (exact) mass is 733 g/mol. The fraction of sp³-hybridized carbons (Fsp3) is 0.686. The molecule has 4 aliphatic rings. The minimum atomic E-state index is -3.60. The number of carbonyl (C=O) groups excluding carboxylic acids is 1. The number of piperidine rings is 1. The number of rotatable bonds is 13. The first-order valence-electron chi connectivity index (χ1n) is 18.1. The smallest absolute Gasteiger partial charge is 0.279 e. The Hall–Kier alpha value is -2.99. The number of nitrogens with one attached hydrogen (secondary N) is 1. The lowest BCUT2D eigenvalue weighted by molar-refractivity contribution is -0.239. The fourth-order valence-electron chi connectivity index (χ4n) is 7.84. The predicted molar refractivity (Wildman–Crippen MR) is 188 cm³/mol. The zero-order valence-electron chi connectivity index (χ0n) is 30.1. The van der Waals surface area contributed by atoms with Gasteiger partial charge >= 0.3 is 0 Å². The van der Waals surface area contributed by atoms with Gasteiger partial charge in [-0.3, -0.25) is 9.69 Å². The second-order valence-electron chi connectivity index (χ2n) is 14.6. The van der Waals surface area contributed by atoms with E-state index >= 15 is 0 Å². The molecule has 2 aromatic rings. The molecular weight excluding hydrogens is 681 g/mol. The average molecular weight is 734 g/mol. The summed E-state index contributed by atoms with van der Waals surface area (Å²) in [5.74, 6) is -0.922. The molecule has 0 unspecified atom stereocenters. The third-order valence-electron chi connectivity index (χ3n) is 10.7. The van der Waals surface area contributed by atoms with Gasteiger partial charge in [0.2, 0.25) is 0 Å².